The summed E-state index contributed by atoms with van der Waals surface area (Å²) < 4.78 is 5.00. The van der Waals surface area contributed by atoms with Crippen molar-refractivity contribution in [3.63, 3.8) is 0 Å². The number of thiophene rings is 1. The maximum atomic E-state index is 2.40. The summed E-state index contributed by atoms with van der Waals surface area (Å²) in [4.78, 5) is 2.33. The molecule has 0 saturated carbocycles. The van der Waals surface area contributed by atoms with Gasteiger partial charge in [0.25, 0.3) is 0 Å². The summed E-state index contributed by atoms with van der Waals surface area (Å²) in [5.41, 5.74) is 12.0. The van der Waals surface area contributed by atoms with E-state index in [0.29, 0.717) is 0 Å². The van der Waals surface area contributed by atoms with Crippen LogP contribution in [0.4, 0.5) is 17.1 Å². The summed E-state index contributed by atoms with van der Waals surface area (Å²) in [7, 11) is 0. The summed E-state index contributed by atoms with van der Waals surface area (Å²) in [5, 5.41) is 7.80. The van der Waals surface area contributed by atoms with E-state index in [4.69, 9.17) is 0 Å². The van der Waals surface area contributed by atoms with Gasteiger partial charge in [-0.25, -0.2) is 0 Å². The molecule has 0 radical (unpaired) electrons. The molecule has 0 aliphatic carbocycles. The molecule has 0 unspecified atom stereocenters. The minimum Gasteiger partial charge on any atom is -0.310 e. The number of hydrogen-bond donors (Lipinski definition) is 0. The number of anilines is 3. The van der Waals surface area contributed by atoms with Crippen LogP contribution in [0.3, 0.4) is 0 Å². The van der Waals surface area contributed by atoms with Crippen molar-refractivity contribution in [1.29, 1.82) is 0 Å². The van der Waals surface area contributed by atoms with Crippen LogP contribution in [0, 0.1) is 0 Å². The van der Waals surface area contributed by atoms with Crippen molar-refractivity contribution in [2.24, 2.45) is 0 Å². The predicted octanol–water partition coefficient (Wildman–Crippen LogP) is 15.0. The zero-order valence-electron chi connectivity index (χ0n) is 29.9. The molecule has 2 heterocycles. The molecule has 0 aliphatic heterocycles. The smallest absolute Gasteiger partial charge is 0.0547 e. The second-order valence-electron chi connectivity index (χ2n) is 14.2. The maximum Gasteiger partial charge on any atom is 0.0547 e. The molecule has 2 nitrogen and oxygen atoms in total. The highest BCUT2D eigenvalue weighted by Gasteiger charge is 2.19. The first kappa shape index (κ1) is 31.6. The van der Waals surface area contributed by atoms with Crippen LogP contribution >= 0.6 is 11.3 Å². The third-order valence-corrected chi connectivity index (χ3v) is 12.1. The molecule has 11 aromatic rings. The third kappa shape index (κ3) is 5.32. The molecule has 9 aromatic carbocycles. The lowest BCUT2D eigenvalue weighted by Gasteiger charge is -2.25. The van der Waals surface area contributed by atoms with Crippen LogP contribution in [-0.2, 0) is 0 Å². The first-order valence-corrected chi connectivity index (χ1v) is 19.6. The topological polar surface area (TPSA) is 8.17 Å². The van der Waals surface area contributed by atoms with Gasteiger partial charge in [0.1, 0.15) is 0 Å². The van der Waals surface area contributed by atoms with Gasteiger partial charge in [0, 0.05) is 53.7 Å². The molecule has 3 heteroatoms. The fraction of sp³-hybridized carbons (Fsp3) is 0. The van der Waals surface area contributed by atoms with Gasteiger partial charge >= 0.3 is 0 Å². The molecule has 0 amide bonds. The van der Waals surface area contributed by atoms with E-state index in [9.17, 15) is 0 Å². The van der Waals surface area contributed by atoms with Crippen molar-refractivity contribution in [3.05, 3.63) is 205 Å². The number of hydrogen-bond acceptors (Lipinski definition) is 2. The average molecular weight is 719 g/mol. The molecular weight excluding hydrogens is 685 g/mol. The zero-order valence-corrected chi connectivity index (χ0v) is 30.7. The quantitative estimate of drug-likeness (QED) is 0.118. The summed E-state index contributed by atoms with van der Waals surface area (Å²) in [5.74, 6) is 0. The highest BCUT2D eigenvalue weighted by molar-refractivity contribution is 7.25. The standard InChI is InChI=1S/C52H34N2S/c1-4-12-39(13-5-1)53(40-14-6-2-7-15-40)42-27-32-49-46(34-42)44-28-23-36(33-50(44)55-49)20-19-35-21-24-37(25-22-35)43-30-31-48-52-45(43)29-26-38-11-10-18-47(51(38)52)54(48)41-16-8-3-9-17-41/h1-34H/b20-19+. The molecule has 0 bridgehead atoms. The number of rotatable bonds is 7. The van der Waals surface area contributed by atoms with Gasteiger partial charge in [-0.15, -0.1) is 11.3 Å². The van der Waals surface area contributed by atoms with Crippen molar-refractivity contribution < 1.29 is 0 Å². The maximum absolute atomic E-state index is 2.40. The predicted molar refractivity (Wildman–Crippen MR) is 238 cm³/mol. The van der Waals surface area contributed by atoms with Crippen molar-refractivity contribution >= 4 is 93.3 Å². The van der Waals surface area contributed by atoms with E-state index in [1.807, 2.05) is 11.3 Å². The fourth-order valence-electron chi connectivity index (χ4n) is 8.39. The van der Waals surface area contributed by atoms with E-state index >= 15 is 0 Å². The van der Waals surface area contributed by atoms with Gasteiger partial charge in [-0.05, 0) is 106 Å². The second kappa shape index (κ2) is 12.9. The minimum absolute atomic E-state index is 1.14. The number of para-hydroxylation sites is 3. The van der Waals surface area contributed by atoms with Crippen molar-refractivity contribution in [1.82, 2.24) is 4.57 Å². The van der Waals surface area contributed by atoms with Gasteiger partial charge in [-0.2, -0.15) is 0 Å². The van der Waals surface area contributed by atoms with Crippen molar-refractivity contribution in [3.8, 4) is 16.8 Å². The van der Waals surface area contributed by atoms with Crippen LogP contribution in [0.5, 0.6) is 0 Å². The van der Waals surface area contributed by atoms with Gasteiger partial charge in [0.15, 0.2) is 0 Å². The van der Waals surface area contributed by atoms with E-state index in [2.05, 4.69) is 216 Å². The van der Waals surface area contributed by atoms with Crippen molar-refractivity contribution in [2.45, 2.75) is 0 Å². The number of aromatic nitrogens is 1. The van der Waals surface area contributed by atoms with E-state index < -0.39 is 0 Å². The lowest BCUT2D eigenvalue weighted by Crippen LogP contribution is -2.09. The third-order valence-electron chi connectivity index (χ3n) is 10.9. The van der Waals surface area contributed by atoms with Crippen LogP contribution in [0.2, 0.25) is 0 Å². The van der Waals surface area contributed by atoms with Gasteiger partial charge < -0.3 is 9.47 Å². The van der Waals surface area contributed by atoms with Crippen molar-refractivity contribution in [2.75, 3.05) is 4.90 Å². The normalized spacial score (nSPS) is 11.9. The Morgan fingerprint density at radius 3 is 1.85 bits per heavy atom. The fourth-order valence-corrected chi connectivity index (χ4v) is 9.52. The number of benzene rings is 9. The SMILES string of the molecule is C(=C\c1ccc2c(c1)sc1ccc(N(c3ccccc3)c3ccccc3)cc12)/c1ccc(-c2ccc3c4c2ccc2cccc(c24)n3-c2ccccc2)cc1. The van der Waals surface area contributed by atoms with Crippen LogP contribution in [0.1, 0.15) is 11.1 Å². The second-order valence-corrected chi connectivity index (χ2v) is 15.3. The van der Waals surface area contributed by atoms with Gasteiger partial charge in [0.2, 0.25) is 0 Å². The molecule has 0 atom stereocenters. The lowest BCUT2D eigenvalue weighted by molar-refractivity contribution is 1.18. The Kier molecular flexibility index (Phi) is 7.39. The molecule has 0 aliphatic rings. The summed E-state index contributed by atoms with van der Waals surface area (Å²) >= 11 is 1.86. The molecule has 55 heavy (non-hydrogen) atoms. The van der Waals surface area contributed by atoms with E-state index in [0.717, 1.165) is 17.1 Å². The molecule has 11 rings (SSSR count). The van der Waals surface area contributed by atoms with Crippen LogP contribution in [-0.4, -0.2) is 4.57 Å². The number of nitrogens with zero attached hydrogens (tertiary/aromatic N) is 2. The van der Waals surface area contributed by atoms with Crippen LogP contribution in [0.15, 0.2) is 194 Å². The highest BCUT2D eigenvalue weighted by Crippen LogP contribution is 2.43. The Balaban J connectivity index is 0.903. The Morgan fingerprint density at radius 2 is 1.09 bits per heavy atom. The minimum atomic E-state index is 1.14. The van der Waals surface area contributed by atoms with Gasteiger partial charge in [-0.1, -0.05) is 133 Å². The highest BCUT2D eigenvalue weighted by atomic mass is 32.1. The Hall–Kier alpha value is -6.94. The Morgan fingerprint density at radius 1 is 0.418 bits per heavy atom. The van der Waals surface area contributed by atoms with E-state index in [1.54, 1.807) is 0 Å². The monoisotopic (exact) mass is 718 g/mol. The van der Waals surface area contributed by atoms with E-state index in [1.165, 1.54) is 80.7 Å². The Labute approximate surface area is 323 Å². The zero-order chi connectivity index (χ0) is 36.3. The van der Waals surface area contributed by atoms with Gasteiger partial charge in [-0.3, -0.25) is 0 Å². The molecule has 0 fully saturated rings. The van der Waals surface area contributed by atoms with E-state index in [-0.39, 0.29) is 0 Å². The summed E-state index contributed by atoms with van der Waals surface area (Å²) in [6, 6.07) is 70.4. The largest absolute Gasteiger partial charge is 0.310 e. The van der Waals surface area contributed by atoms with Crippen LogP contribution in [0.25, 0.3) is 81.7 Å². The molecular formula is C52H34N2S. The lowest BCUT2D eigenvalue weighted by atomic mass is 9.94. The van der Waals surface area contributed by atoms with Crippen LogP contribution < -0.4 is 4.90 Å². The summed E-state index contributed by atoms with van der Waals surface area (Å²) in [6.07, 6.45) is 4.45. The first-order chi connectivity index (χ1) is 27.3. The summed E-state index contributed by atoms with van der Waals surface area (Å²) in [6.45, 7) is 0. The molecule has 258 valence electrons. The van der Waals surface area contributed by atoms with Gasteiger partial charge in [0.05, 0.1) is 11.0 Å². The molecule has 0 N–H and O–H groups in total. The first-order valence-electron chi connectivity index (χ1n) is 18.8. The molecule has 2 aromatic heterocycles. The molecule has 0 saturated heterocycles. The average Bonchev–Trinajstić information content (AvgIpc) is 3.79. The molecule has 0 spiro atoms. The Bertz CT molecular complexity index is 3130. The number of fused-ring (bicyclic) bond motifs is 3.